The topological polar surface area (TPSA) is 116 Å². The van der Waals surface area contributed by atoms with Gasteiger partial charge in [-0.15, -0.1) is 0 Å². The lowest BCUT2D eigenvalue weighted by Gasteiger charge is -2.37. The minimum absolute atomic E-state index is 0.00986. The molecular weight excluding hydrogens is 364 g/mol. The van der Waals surface area contributed by atoms with E-state index in [-0.39, 0.29) is 28.1 Å². The quantitative estimate of drug-likeness (QED) is 0.508. The molecule has 0 bridgehead atoms. The second-order valence-electron chi connectivity index (χ2n) is 5.76. The Hall–Kier alpha value is -3.20. The van der Waals surface area contributed by atoms with Gasteiger partial charge in [0.1, 0.15) is 5.02 Å². The molecule has 3 aromatic rings. The molecule has 2 aromatic heterocycles. The predicted octanol–water partition coefficient (Wildman–Crippen LogP) is 3.13. The van der Waals surface area contributed by atoms with Crippen LogP contribution >= 0.6 is 11.6 Å². The molecule has 0 unspecified atom stereocenters. The average Bonchev–Trinajstić information content (AvgIpc) is 3.25. The summed E-state index contributed by atoms with van der Waals surface area (Å²) in [5.74, 6) is 0.871. The molecule has 1 aromatic carbocycles. The van der Waals surface area contributed by atoms with Gasteiger partial charge >= 0.3 is 0 Å². The second-order valence-corrected chi connectivity index (χ2v) is 6.17. The molecule has 3 heterocycles. The van der Waals surface area contributed by atoms with Crippen LogP contribution in [0.4, 0.5) is 5.69 Å². The van der Waals surface area contributed by atoms with Crippen molar-refractivity contribution >= 4 is 23.2 Å². The van der Waals surface area contributed by atoms with Crippen molar-refractivity contribution in [2.45, 2.75) is 5.92 Å². The van der Waals surface area contributed by atoms with Gasteiger partial charge in [0.05, 0.1) is 17.1 Å². The van der Waals surface area contributed by atoms with Crippen molar-refractivity contribution in [2.75, 3.05) is 13.1 Å². The van der Waals surface area contributed by atoms with Crippen LogP contribution in [0.5, 0.6) is 0 Å². The van der Waals surface area contributed by atoms with Crippen molar-refractivity contribution in [3.05, 3.63) is 63.2 Å². The molecular formula is C16H11ClN4O5. The number of carbonyl (C=O) groups is 1. The highest BCUT2D eigenvalue weighted by Crippen LogP contribution is 2.31. The number of benzene rings is 1. The molecule has 0 N–H and O–H groups in total. The standard InChI is InChI=1S/C16H11ClN4O5/c17-11-4-3-9(6-12(11)21(23)24)16(22)20-7-10(8-20)15-18-14(19-26-15)13-2-1-5-25-13/h1-6,10H,7-8H2. The number of amides is 1. The predicted molar refractivity (Wildman–Crippen MR) is 88.8 cm³/mol. The number of nitrogens with zero attached hydrogens (tertiary/aromatic N) is 4. The van der Waals surface area contributed by atoms with Crippen LogP contribution in [0, 0.1) is 10.1 Å². The van der Waals surface area contributed by atoms with Gasteiger partial charge in [0, 0.05) is 24.7 Å². The van der Waals surface area contributed by atoms with Crippen LogP contribution in [0.25, 0.3) is 11.6 Å². The molecule has 132 valence electrons. The van der Waals surface area contributed by atoms with Crippen LogP contribution < -0.4 is 0 Å². The van der Waals surface area contributed by atoms with Gasteiger partial charge < -0.3 is 13.8 Å². The Morgan fingerprint density at radius 2 is 2.15 bits per heavy atom. The third-order valence-electron chi connectivity index (χ3n) is 4.09. The van der Waals surface area contributed by atoms with Gasteiger partial charge in [-0.2, -0.15) is 4.98 Å². The van der Waals surface area contributed by atoms with Crippen LogP contribution in [-0.4, -0.2) is 39.0 Å². The molecule has 0 saturated carbocycles. The van der Waals surface area contributed by atoms with E-state index in [4.69, 9.17) is 20.5 Å². The third-order valence-corrected chi connectivity index (χ3v) is 4.41. The number of furan rings is 1. The molecule has 0 aliphatic carbocycles. The number of hydrogen-bond acceptors (Lipinski definition) is 7. The summed E-state index contributed by atoms with van der Waals surface area (Å²) in [5, 5.41) is 14.8. The van der Waals surface area contributed by atoms with Crippen molar-refractivity contribution in [3.8, 4) is 11.6 Å². The first-order valence-corrected chi connectivity index (χ1v) is 8.01. The van der Waals surface area contributed by atoms with E-state index in [1.807, 2.05) is 0 Å². The monoisotopic (exact) mass is 374 g/mol. The number of nitro groups is 1. The summed E-state index contributed by atoms with van der Waals surface area (Å²) >= 11 is 5.77. The fourth-order valence-corrected chi connectivity index (χ4v) is 2.86. The SMILES string of the molecule is O=C(c1ccc(Cl)c([N+](=O)[O-])c1)N1CC(c2nc(-c3ccco3)no2)C1. The first kappa shape index (κ1) is 16.3. The van der Waals surface area contributed by atoms with Gasteiger partial charge in [0.15, 0.2) is 5.76 Å². The molecule has 1 aliphatic heterocycles. The Morgan fingerprint density at radius 1 is 1.35 bits per heavy atom. The van der Waals surface area contributed by atoms with Crippen LogP contribution in [0.1, 0.15) is 22.2 Å². The Balaban J connectivity index is 1.44. The summed E-state index contributed by atoms with van der Waals surface area (Å²) in [6, 6.07) is 7.43. The van der Waals surface area contributed by atoms with Crippen molar-refractivity contribution in [2.24, 2.45) is 0 Å². The Bertz CT molecular complexity index is 978. The number of hydrogen-bond donors (Lipinski definition) is 0. The molecule has 1 saturated heterocycles. The van der Waals surface area contributed by atoms with Crippen molar-refractivity contribution < 1.29 is 18.7 Å². The highest BCUT2D eigenvalue weighted by Gasteiger charge is 2.36. The van der Waals surface area contributed by atoms with E-state index in [0.717, 1.165) is 0 Å². The Labute approximate surface area is 151 Å². The van der Waals surface area contributed by atoms with E-state index >= 15 is 0 Å². The minimum Gasteiger partial charge on any atom is -0.461 e. The number of carbonyl (C=O) groups excluding carboxylic acids is 1. The zero-order chi connectivity index (χ0) is 18.3. The smallest absolute Gasteiger partial charge is 0.288 e. The van der Waals surface area contributed by atoms with Crippen LogP contribution in [0.2, 0.25) is 5.02 Å². The Morgan fingerprint density at radius 3 is 2.85 bits per heavy atom. The van der Waals surface area contributed by atoms with Crippen molar-refractivity contribution in [1.82, 2.24) is 15.0 Å². The van der Waals surface area contributed by atoms with Gasteiger partial charge in [-0.1, -0.05) is 16.8 Å². The fourth-order valence-electron chi connectivity index (χ4n) is 2.68. The molecule has 4 rings (SSSR count). The molecule has 10 heteroatoms. The first-order valence-electron chi connectivity index (χ1n) is 7.63. The lowest BCUT2D eigenvalue weighted by molar-refractivity contribution is -0.384. The van der Waals surface area contributed by atoms with Crippen LogP contribution in [-0.2, 0) is 0 Å². The van der Waals surface area contributed by atoms with Gasteiger partial charge in [-0.05, 0) is 24.3 Å². The van der Waals surface area contributed by atoms with Gasteiger partial charge in [-0.3, -0.25) is 14.9 Å². The largest absolute Gasteiger partial charge is 0.461 e. The lowest BCUT2D eigenvalue weighted by atomic mass is 9.98. The normalized spacial score (nSPS) is 14.3. The summed E-state index contributed by atoms with van der Waals surface area (Å²) in [5.41, 5.74) is -0.0871. The Kier molecular flexibility index (Phi) is 3.92. The fraction of sp³-hybridized carbons (Fsp3) is 0.188. The zero-order valence-corrected chi connectivity index (χ0v) is 13.9. The maximum atomic E-state index is 12.5. The highest BCUT2D eigenvalue weighted by molar-refractivity contribution is 6.32. The summed E-state index contributed by atoms with van der Waals surface area (Å²) < 4.78 is 10.4. The van der Waals surface area contributed by atoms with E-state index < -0.39 is 4.92 Å². The number of likely N-dealkylation sites (tertiary alicyclic amines) is 1. The third kappa shape index (κ3) is 2.82. The summed E-state index contributed by atoms with van der Waals surface area (Å²) in [7, 11) is 0. The summed E-state index contributed by atoms with van der Waals surface area (Å²) in [4.78, 5) is 28.6. The molecule has 1 aliphatic rings. The molecule has 0 radical (unpaired) electrons. The molecule has 1 fully saturated rings. The average molecular weight is 375 g/mol. The molecule has 9 nitrogen and oxygen atoms in total. The van der Waals surface area contributed by atoms with Crippen LogP contribution in [0.15, 0.2) is 45.5 Å². The van der Waals surface area contributed by atoms with E-state index in [9.17, 15) is 14.9 Å². The van der Waals surface area contributed by atoms with Gasteiger partial charge in [0.2, 0.25) is 11.7 Å². The molecule has 0 atom stereocenters. The van der Waals surface area contributed by atoms with Crippen molar-refractivity contribution in [3.63, 3.8) is 0 Å². The number of aromatic nitrogens is 2. The first-order chi connectivity index (χ1) is 12.5. The second kappa shape index (κ2) is 6.26. The number of halogens is 1. The number of nitro benzene ring substituents is 1. The van der Waals surface area contributed by atoms with Gasteiger partial charge in [-0.25, -0.2) is 0 Å². The molecule has 0 spiro atoms. The maximum absolute atomic E-state index is 12.5. The van der Waals surface area contributed by atoms with E-state index in [1.165, 1.54) is 24.5 Å². The van der Waals surface area contributed by atoms with Crippen molar-refractivity contribution in [1.29, 1.82) is 0 Å². The number of rotatable bonds is 4. The molecule has 26 heavy (non-hydrogen) atoms. The molecule has 1 amide bonds. The summed E-state index contributed by atoms with van der Waals surface area (Å²) in [6.07, 6.45) is 1.51. The maximum Gasteiger partial charge on any atom is 0.288 e. The van der Waals surface area contributed by atoms with Crippen LogP contribution in [0.3, 0.4) is 0 Å². The van der Waals surface area contributed by atoms with E-state index in [1.54, 1.807) is 17.0 Å². The minimum atomic E-state index is -0.618. The van der Waals surface area contributed by atoms with E-state index in [0.29, 0.717) is 30.6 Å². The van der Waals surface area contributed by atoms with Gasteiger partial charge in [0.25, 0.3) is 11.6 Å². The lowest BCUT2D eigenvalue weighted by Crippen LogP contribution is -2.48. The zero-order valence-electron chi connectivity index (χ0n) is 13.2. The summed E-state index contributed by atoms with van der Waals surface area (Å²) in [6.45, 7) is 0.768. The highest BCUT2D eigenvalue weighted by atomic mass is 35.5. The van der Waals surface area contributed by atoms with E-state index in [2.05, 4.69) is 10.1 Å².